The Morgan fingerprint density at radius 1 is 0.600 bits per heavy atom. The molecule has 0 aromatic heterocycles. The van der Waals surface area contributed by atoms with Gasteiger partial charge < -0.3 is 9.80 Å². The van der Waals surface area contributed by atoms with Crippen molar-refractivity contribution in [1.82, 2.24) is 9.80 Å². The molecule has 0 amide bonds. The predicted molar refractivity (Wildman–Crippen MR) is 90.2 cm³/mol. The fourth-order valence-corrected chi connectivity index (χ4v) is 3.81. The van der Waals surface area contributed by atoms with Crippen molar-refractivity contribution in [3.63, 3.8) is 0 Å². The minimum absolute atomic E-state index is 0.744. The van der Waals surface area contributed by atoms with Gasteiger partial charge in [-0.3, -0.25) is 0 Å². The second-order valence-electron chi connectivity index (χ2n) is 6.93. The number of hydrogen-bond acceptors (Lipinski definition) is 2. The summed E-state index contributed by atoms with van der Waals surface area (Å²) in [6.07, 6.45) is 5.80. The second kappa shape index (κ2) is 9.04. The summed E-state index contributed by atoms with van der Waals surface area (Å²) in [4.78, 5) is 5.31. The largest absolute Gasteiger partial charge is 0.301 e. The fourth-order valence-electron chi connectivity index (χ4n) is 3.81. The molecule has 0 radical (unpaired) electrons. The predicted octanol–water partition coefficient (Wildman–Crippen LogP) is 4.25. The van der Waals surface area contributed by atoms with Gasteiger partial charge in [0.25, 0.3) is 0 Å². The summed E-state index contributed by atoms with van der Waals surface area (Å²) < 4.78 is 0. The lowest BCUT2D eigenvalue weighted by Crippen LogP contribution is -2.44. The Hall–Kier alpha value is -0.0800. The van der Waals surface area contributed by atoms with Crippen LogP contribution in [0.25, 0.3) is 0 Å². The third-order valence-corrected chi connectivity index (χ3v) is 5.28. The second-order valence-corrected chi connectivity index (χ2v) is 6.93. The molecule has 0 spiro atoms. The molecule has 0 saturated carbocycles. The van der Waals surface area contributed by atoms with Crippen LogP contribution in [0, 0.1) is 11.8 Å². The van der Waals surface area contributed by atoms with E-state index in [2.05, 4.69) is 37.5 Å². The maximum Gasteiger partial charge on any atom is 0.00385 e. The van der Waals surface area contributed by atoms with Gasteiger partial charge in [-0.2, -0.15) is 0 Å². The monoisotopic (exact) mass is 282 g/mol. The first-order valence-corrected chi connectivity index (χ1v) is 9.06. The van der Waals surface area contributed by atoms with E-state index in [1.165, 1.54) is 51.9 Å². The average Bonchev–Trinajstić information content (AvgIpc) is 2.49. The first kappa shape index (κ1) is 18.0. The quantitative estimate of drug-likeness (QED) is 0.763. The zero-order valence-corrected chi connectivity index (χ0v) is 14.9. The first-order valence-electron chi connectivity index (χ1n) is 9.06. The van der Waals surface area contributed by atoms with Gasteiger partial charge in [0.15, 0.2) is 0 Å². The number of nitrogens with zero attached hydrogens (tertiary/aromatic N) is 2. The standard InChI is InChI=1S/C16H32N2.C2H6/c1-13(2)17-9-5-15(6-10-17)16-7-11-18(12-8-16)14(3)4;1-2/h13-16H,5-12H2,1-4H3;1-2H3. The van der Waals surface area contributed by atoms with E-state index in [1.807, 2.05) is 13.8 Å². The molecule has 2 fully saturated rings. The van der Waals surface area contributed by atoms with Crippen molar-refractivity contribution < 1.29 is 0 Å². The van der Waals surface area contributed by atoms with E-state index in [0.29, 0.717) is 0 Å². The number of piperidine rings is 2. The maximum atomic E-state index is 2.65. The van der Waals surface area contributed by atoms with Gasteiger partial charge in [0.05, 0.1) is 0 Å². The molecule has 0 unspecified atom stereocenters. The molecular weight excluding hydrogens is 244 g/mol. The summed E-state index contributed by atoms with van der Waals surface area (Å²) in [6.45, 7) is 18.7. The fraction of sp³-hybridized carbons (Fsp3) is 1.00. The summed E-state index contributed by atoms with van der Waals surface area (Å²) >= 11 is 0. The maximum absolute atomic E-state index is 2.65. The van der Waals surface area contributed by atoms with Crippen LogP contribution in [0.5, 0.6) is 0 Å². The smallest absolute Gasteiger partial charge is 0.00385 e. The van der Waals surface area contributed by atoms with Crippen molar-refractivity contribution >= 4 is 0 Å². The van der Waals surface area contributed by atoms with Crippen LogP contribution >= 0.6 is 0 Å². The third kappa shape index (κ3) is 5.04. The minimum atomic E-state index is 0.744. The van der Waals surface area contributed by atoms with Crippen molar-refractivity contribution in [2.24, 2.45) is 11.8 Å². The van der Waals surface area contributed by atoms with Gasteiger partial charge in [0.1, 0.15) is 0 Å². The molecule has 2 aliphatic heterocycles. The average molecular weight is 283 g/mol. The van der Waals surface area contributed by atoms with Gasteiger partial charge in [-0.15, -0.1) is 0 Å². The molecule has 2 saturated heterocycles. The van der Waals surface area contributed by atoms with Gasteiger partial charge in [0.2, 0.25) is 0 Å². The van der Waals surface area contributed by atoms with Crippen molar-refractivity contribution in [2.75, 3.05) is 26.2 Å². The van der Waals surface area contributed by atoms with Crippen LogP contribution in [0.3, 0.4) is 0 Å². The van der Waals surface area contributed by atoms with Crippen LogP contribution in [0.15, 0.2) is 0 Å². The topological polar surface area (TPSA) is 6.48 Å². The highest BCUT2D eigenvalue weighted by Crippen LogP contribution is 2.33. The first-order chi connectivity index (χ1) is 9.58. The Labute approximate surface area is 127 Å². The molecule has 0 bridgehead atoms. The Balaban J connectivity index is 0.000000956. The summed E-state index contributed by atoms with van der Waals surface area (Å²) in [5.74, 6) is 2.05. The van der Waals surface area contributed by atoms with E-state index in [9.17, 15) is 0 Å². The molecule has 2 heteroatoms. The lowest BCUT2D eigenvalue weighted by Gasteiger charge is -2.42. The molecule has 0 aliphatic carbocycles. The molecule has 0 aromatic rings. The zero-order chi connectivity index (χ0) is 15.1. The lowest BCUT2D eigenvalue weighted by molar-refractivity contribution is 0.0743. The molecular formula is C18H38N2. The van der Waals surface area contributed by atoms with Crippen molar-refractivity contribution in [1.29, 1.82) is 0 Å². The Morgan fingerprint density at radius 3 is 1.05 bits per heavy atom. The number of likely N-dealkylation sites (tertiary alicyclic amines) is 2. The highest BCUT2D eigenvalue weighted by molar-refractivity contribution is 4.83. The van der Waals surface area contributed by atoms with Gasteiger partial charge >= 0.3 is 0 Å². The Morgan fingerprint density at radius 2 is 0.850 bits per heavy atom. The molecule has 2 aliphatic rings. The molecule has 2 nitrogen and oxygen atoms in total. The summed E-state index contributed by atoms with van der Waals surface area (Å²) in [5, 5.41) is 0. The molecule has 0 aromatic carbocycles. The summed E-state index contributed by atoms with van der Waals surface area (Å²) in [5.41, 5.74) is 0. The molecule has 20 heavy (non-hydrogen) atoms. The highest BCUT2D eigenvalue weighted by atomic mass is 15.2. The van der Waals surface area contributed by atoms with Gasteiger partial charge in [-0.25, -0.2) is 0 Å². The van der Waals surface area contributed by atoms with E-state index < -0.39 is 0 Å². The third-order valence-electron chi connectivity index (χ3n) is 5.28. The van der Waals surface area contributed by atoms with E-state index in [0.717, 1.165) is 23.9 Å². The van der Waals surface area contributed by atoms with Gasteiger partial charge in [0, 0.05) is 12.1 Å². The van der Waals surface area contributed by atoms with Gasteiger partial charge in [-0.05, 0) is 91.4 Å². The molecule has 2 heterocycles. The molecule has 0 N–H and O–H groups in total. The molecule has 0 atom stereocenters. The Bertz CT molecular complexity index is 208. The van der Waals surface area contributed by atoms with Crippen molar-refractivity contribution in [3.8, 4) is 0 Å². The number of hydrogen-bond donors (Lipinski definition) is 0. The van der Waals surface area contributed by atoms with Gasteiger partial charge in [-0.1, -0.05) is 13.8 Å². The van der Waals surface area contributed by atoms with E-state index >= 15 is 0 Å². The SMILES string of the molecule is CC.CC(C)N1CCC(C2CCN(C(C)C)CC2)CC1. The summed E-state index contributed by atoms with van der Waals surface area (Å²) in [6, 6.07) is 1.49. The van der Waals surface area contributed by atoms with Crippen LogP contribution in [-0.4, -0.2) is 48.1 Å². The molecule has 2 rings (SSSR count). The molecule has 120 valence electrons. The zero-order valence-electron chi connectivity index (χ0n) is 14.9. The van der Waals surface area contributed by atoms with E-state index in [1.54, 1.807) is 0 Å². The van der Waals surface area contributed by atoms with E-state index in [4.69, 9.17) is 0 Å². The normalized spacial score (nSPS) is 24.0. The summed E-state index contributed by atoms with van der Waals surface area (Å²) in [7, 11) is 0. The van der Waals surface area contributed by atoms with Crippen LogP contribution < -0.4 is 0 Å². The number of rotatable bonds is 3. The van der Waals surface area contributed by atoms with Crippen LogP contribution in [0.4, 0.5) is 0 Å². The van der Waals surface area contributed by atoms with E-state index in [-0.39, 0.29) is 0 Å². The van der Waals surface area contributed by atoms with Crippen LogP contribution in [0.2, 0.25) is 0 Å². The van der Waals surface area contributed by atoms with Crippen LogP contribution in [-0.2, 0) is 0 Å². The highest BCUT2D eigenvalue weighted by Gasteiger charge is 2.30. The minimum Gasteiger partial charge on any atom is -0.301 e. The Kier molecular flexibility index (Phi) is 8.13. The van der Waals surface area contributed by atoms with Crippen LogP contribution in [0.1, 0.15) is 67.2 Å². The van der Waals surface area contributed by atoms with Crippen molar-refractivity contribution in [2.45, 2.75) is 79.3 Å². The lowest BCUT2D eigenvalue weighted by atomic mass is 9.78. The van der Waals surface area contributed by atoms with Crippen molar-refractivity contribution in [3.05, 3.63) is 0 Å².